The van der Waals surface area contributed by atoms with Gasteiger partial charge in [-0.3, -0.25) is 0 Å². The number of allylic oxidation sites excluding steroid dienone is 1. The molecule has 4 heteroatoms. The van der Waals surface area contributed by atoms with Crippen molar-refractivity contribution in [1.29, 1.82) is 5.26 Å². The topological polar surface area (TPSA) is 50.5 Å². The monoisotopic (exact) mass is 383 g/mol. The Kier molecular flexibility index (Phi) is 5.90. The number of anilines is 2. The first kappa shape index (κ1) is 20.0. The quantitative estimate of drug-likeness (QED) is 0.497. The van der Waals surface area contributed by atoms with E-state index in [9.17, 15) is 10.4 Å². The molecule has 0 amide bonds. The summed E-state index contributed by atoms with van der Waals surface area (Å²) in [5, 5.41) is 19.9. The zero-order valence-electron chi connectivity index (χ0n) is 17.2. The number of benzene rings is 3. The molecule has 0 aliphatic rings. The highest BCUT2D eigenvalue weighted by molar-refractivity contribution is 6.08. The Labute approximate surface area is 172 Å². The molecule has 0 saturated heterocycles. The molecule has 3 rings (SSSR count). The molecule has 0 aliphatic carbocycles. The van der Waals surface area contributed by atoms with E-state index in [2.05, 4.69) is 40.1 Å². The SMILES string of the molecule is CN(C)c1ccccc1C(=C(C#N)c1ccc(O)cc1)c1ccccc1N(C)C. The predicted octanol–water partition coefficient (Wildman–Crippen LogP) is 5.01. The lowest BCUT2D eigenvalue weighted by Crippen LogP contribution is -2.14. The first-order valence-corrected chi connectivity index (χ1v) is 9.41. The third-order valence-electron chi connectivity index (χ3n) is 4.83. The maximum Gasteiger partial charge on any atom is 0.115 e. The van der Waals surface area contributed by atoms with Gasteiger partial charge in [-0.15, -0.1) is 0 Å². The molecule has 0 spiro atoms. The van der Waals surface area contributed by atoms with Crippen molar-refractivity contribution in [1.82, 2.24) is 0 Å². The molecular weight excluding hydrogens is 358 g/mol. The molecule has 0 radical (unpaired) electrons. The van der Waals surface area contributed by atoms with Crippen molar-refractivity contribution < 1.29 is 5.11 Å². The Bertz CT molecular complexity index is 1020. The Morgan fingerprint density at radius 2 is 1.17 bits per heavy atom. The molecule has 0 fully saturated rings. The minimum Gasteiger partial charge on any atom is -0.508 e. The molecule has 0 aliphatic heterocycles. The van der Waals surface area contributed by atoms with E-state index in [1.807, 2.05) is 52.5 Å². The summed E-state index contributed by atoms with van der Waals surface area (Å²) in [4.78, 5) is 4.11. The average molecular weight is 383 g/mol. The highest BCUT2D eigenvalue weighted by atomic mass is 16.3. The number of para-hydroxylation sites is 2. The van der Waals surface area contributed by atoms with Crippen LogP contribution in [0.5, 0.6) is 5.75 Å². The number of nitrogens with zero attached hydrogens (tertiary/aromatic N) is 3. The van der Waals surface area contributed by atoms with Crippen molar-refractivity contribution >= 4 is 22.5 Å². The predicted molar refractivity (Wildman–Crippen MR) is 121 cm³/mol. The lowest BCUT2D eigenvalue weighted by atomic mass is 9.88. The summed E-state index contributed by atoms with van der Waals surface area (Å²) in [6.07, 6.45) is 0. The van der Waals surface area contributed by atoms with Crippen LogP contribution in [0.2, 0.25) is 0 Å². The van der Waals surface area contributed by atoms with Crippen LogP contribution in [0.3, 0.4) is 0 Å². The van der Waals surface area contributed by atoms with Crippen molar-refractivity contribution in [3.8, 4) is 11.8 Å². The number of nitriles is 1. The van der Waals surface area contributed by atoms with E-state index in [0.717, 1.165) is 33.6 Å². The molecule has 0 saturated carbocycles. The van der Waals surface area contributed by atoms with Crippen molar-refractivity contribution in [2.75, 3.05) is 38.0 Å². The fraction of sp³-hybridized carbons (Fsp3) is 0.160. The summed E-state index contributed by atoms with van der Waals surface area (Å²) in [6.45, 7) is 0. The van der Waals surface area contributed by atoms with Crippen LogP contribution in [0.4, 0.5) is 11.4 Å². The molecule has 1 N–H and O–H groups in total. The molecular formula is C25H25N3O. The summed E-state index contributed by atoms with van der Waals surface area (Å²) < 4.78 is 0. The van der Waals surface area contributed by atoms with Gasteiger partial charge in [-0.05, 0) is 42.0 Å². The second-order valence-corrected chi connectivity index (χ2v) is 7.23. The van der Waals surface area contributed by atoms with Crippen LogP contribution in [0.25, 0.3) is 11.1 Å². The maximum absolute atomic E-state index is 10.2. The number of aromatic hydroxyl groups is 1. The normalized spacial score (nSPS) is 10.2. The molecule has 3 aromatic carbocycles. The molecule has 29 heavy (non-hydrogen) atoms. The van der Waals surface area contributed by atoms with Crippen LogP contribution >= 0.6 is 0 Å². The van der Waals surface area contributed by atoms with Gasteiger partial charge in [0.05, 0.1) is 5.57 Å². The van der Waals surface area contributed by atoms with Gasteiger partial charge in [-0.25, -0.2) is 0 Å². The Morgan fingerprint density at radius 3 is 1.59 bits per heavy atom. The Hall–Kier alpha value is -3.71. The van der Waals surface area contributed by atoms with E-state index >= 15 is 0 Å². The third-order valence-corrected chi connectivity index (χ3v) is 4.83. The van der Waals surface area contributed by atoms with Gasteiger partial charge >= 0.3 is 0 Å². The molecule has 4 nitrogen and oxygen atoms in total. The molecule has 146 valence electrons. The highest BCUT2D eigenvalue weighted by Crippen LogP contribution is 2.40. The van der Waals surface area contributed by atoms with Crippen LogP contribution in [-0.4, -0.2) is 33.3 Å². The zero-order valence-corrected chi connectivity index (χ0v) is 17.2. The minimum atomic E-state index is 0.176. The minimum absolute atomic E-state index is 0.176. The summed E-state index contributed by atoms with van der Waals surface area (Å²) in [5.74, 6) is 0.176. The van der Waals surface area contributed by atoms with Crippen LogP contribution in [-0.2, 0) is 0 Å². The molecule has 0 aromatic heterocycles. The molecule has 0 unspecified atom stereocenters. The Balaban J connectivity index is 2.44. The van der Waals surface area contributed by atoms with Gasteiger partial charge in [-0.1, -0.05) is 36.4 Å². The number of phenols is 1. The van der Waals surface area contributed by atoms with Gasteiger partial charge in [-0.2, -0.15) is 5.26 Å². The first-order valence-electron chi connectivity index (χ1n) is 9.41. The summed E-state index contributed by atoms with van der Waals surface area (Å²) in [5.41, 5.74) is 6.22. The molecule has 0 atom stereocenters. The van der Waals surface area contributed by atoms with Crippen molar-refractivity contribution in [3.05, 3.63) is 89.5 Å². The smallest absolute Gasteiger partial charge is 0.115 e. The van der Waals surface area contributed by atoms with E-state index < -0.39 is 0 Å². The van der Waals surface area contributed by atoms with E-state index in [1.165, 1.54) is 0 Å². The second-order valence-electron chi connectivity index (χ2n) is 7.23. The Morgan fingerprint density at radius 1 is 0.724 bits per heavy atom. The van der Waals surface area contributed by atoms with Gasteiger partial charge in [0.25, 0.3) is 0 Å². The van der Waals surface area contributed by atoms with Gasteiger partial charge in [0.15, 0.2) is 0 Å². The van der Waals surface area contributed by atoms with Crippen LogP contribution in [0.1, 0.15) is 16.7 Å². The summed E-state index contributed by atoms with van der Waals surface area (Å²) >= 11 is 0. The molecule has 0 bridgehead atoms. The fourth-order valence-corrected chi connectivity index (χ4v) is 3.46. The fourth-order valence-electron chi connectivity index (χ4n) is 3.46. The highest BCUT2D eigenvalue weighted by Gasteiger charge is 2.20. The van der Waals surface area contributed by atoms with Gasteiger partial charge < -0.3 is 14.9 Å². The van der Waals surface area contributed by atoms with Crippen LogP contribution < -0.4 is 9.80 Å². The van der Waals surface area contributed by atoms with Crippen molar-refractivity contribution in [3.63, 3.8) is 0 Å². The maximum atomic E-state index is 10.2. The van der Waals surface area contributed by atoms with Crippen molar-refractivity contribution in [2.24, 2.45) is 0 Å². The van der Waals surface area contributed by atoms with E-state index in [4.69, 9.17) is 0 Å². The van der Waals surface area contributed by atoms with E-state index in [1.54, 1.807) is 24.3 Å². The van der Waals surface area contributed by atoms with Crippen LogP contribution in [0.15, 0.2) is 72.8 Å². The summed E-state index contributed by atoms with van der Waals surface area (Å²) in [6, 6.07) is 25.4. The van der Waals surface area contributed by atoms with Gasteiger partial charge in [0, 0.05) is 56.3 Å². The average Bonchev–Trinajstić information content (AvgIpc) is 2.72. The lowest BCUT2D eigenvalue weighted by Gasteiger charge is -2.24. The molecule has 3 aromatic rings. The van der Waals surface area contributed by atoms with Gasteiger partial charge in [0.1, 0.15) is 11.8 Å². The zero-order chi connectivity index (χ0) is 21.0. The standard InChI is InChI=1S/C25H25N3O/c1-27(2)23-11-7-5-9-20(23)25(21-10-6-8-12-24(21)28(3)4)22(17-26)18-13-15-19(29)16-14-18/h5-16,29H,1-4H3. The number of phenolic OH excluding ortho intramolecular Hbond substituents is 1. The third kappa shape index (κ3) is 4.09. The number of rotatable bonds is 5. The van der Waals surface area contributed by atoms with E-state index in [0.29, 0.717) is 5.57 Å². The summed E-state index contributed by atoms with van der Waals surface area (Å²) in [7, 11) is 8.00. The van der Waals surface area contributed by atoms with Crippen molar-refractivity contribution in [2.45, 2.75) is 0 Å². The van der Waals surface area contributed by atoms with Crippen LogP contribution in [0, 0.1) is 11.3 Å². The van der Waals surface area contributed by atoms with Gasteiger partial charge in [0.2, 0.25) is 0 Å². The lowest BCUT2D eigenvalue weighted by molar-refractivity contribution is 0.475. The van der Waals surface area contributed by atoms with E-state index in [-0.39, 0.29) is 5.75 Å². The second kappa shape index (κ2) is 8.53. The largest absolute Gasteiger partial charge is 0.508 e. The number of hydrogen-bond donors (Lipinski definition) is 1. The molecule has 0 heterocycles. The first-order chi connectivity index (χ1) is 13.9. The number of hydrogen-bond acceptors (Lipinski definition) is 4.